The van der Waals surface area contributed by atoms with E-state index in [0.717, 1.165) is 24.4 Å². The third-order valence-electron chi connectivity index (χ3n) is 2.19. The first-order valence-corrected chi connectivity index (χ1v) is 5.23. The van der Waals surface area contributed by atoms with Gasteiger partial charge < -0.3 is 9.84 Å². The largest absolute Gasteiger partial charge is 0.508 e. The van der Waals surface area contributed by atoms with Gasteiger partial charge in [0, 0.05) is 13.2 Å². The van der Waals surface area contributed by atoms with Crippen molar-refractivity contribution in [1.29, 1.82) is 0 Å². The number of hydrogen-bond acceptors (Lipinski definition) is 2. The predicted molar refractivity (Wildman–Crippen MR) is 62.9 cm³/mol. The summed E-state index contributed by atoms with van der Waals surface area (Å²) in [5.74, 6) is 0.296. The number of ether oxygens (including phenoxy) is 1. The van der Waals surface area contributed by atoms with Crippen LogP contribution in [0.5, 0.6) is 5.75 Å². The number of phenolic OH excluding ortho intramolecular Hbond substituents is 1. The van der Waals surface area contributed by atoms with E-state index in [4.69, 9.17) is 9.84 Å². The molecule has 1 N–H and O–H groups in total. The molecule has 0 bridgehead atoms. The van der Waals surface area contributed by atoms with Gasteiger partial charge in [0.25, 0.3) is 0 Å². The van der Waals surface area contributed by atoms with Gasteiger partial charge in [0.05, 0.1) is 0 Å². The Hall–Kier alpha value is -1.28. The van der Waals surface area contributed by atoms with Crippen molar-refractivity contribution < 1.29 is 9.84 Å². The van der Waals surface area contributed by atoms with E-state index in [9.17, 15) is 0 Å². The summed E-state index contributed by atoms with van der Waals surface area (Å²) in [7, 11) is 0. The standard InChI is InChI=1S/C9H10O.C4H8O/c1-7(2)8-3-5-9(10)6-4-8;1-2-4-5-3-1/h3-6,10H,1H2,2H3;1-4H2. The normalized spacial score (nSPS) is 14.2. The number of allylic oxidation sites excluding steroid dienone is 1. The van der Waals surface area contributed by atoms with Crippen molar-refractivity contribution in [3.63, 3.8) is 0 Å². The Balaban J connectivity index is 0.000000187. The van der Waals surface area contributed by atoms with E-state index in [1.54, 1.807) is 12.1 Å². The van der Waals surface area contributed by atoms with E-state index in [1.807, 2.05) is 19.1 Å². The second kappa shape index (κ2) is 6.25. The van der Waals surface area contributed by atoms with Gasteiger partial charge in [-0.15, -0.1) is 0 Å². The Morgan fingerprint density at radius 3 is 2.07 bits per heavy atom. The first-order valence-electron chi connectivity index (χ1n) is 5.23. The van der Waals surface area contributed by atoms with Crippen LogP contribution in [-0.4, -0.2) is 18.3 Å². The molecule has 0 aromatic heterocycles. The van der Waals surface area contributed by atoms with Gasteiger partial charge in [-0.05, 0) is 37.5 Å². The summed E-state index contributed by atoms with van der Waals surface area (Å²) in [5.41, 5.74) is 2.08. The van der Waals surface area contributed by atoms with Crippen molar-refractivity contribution in [2.75, 3.05) is 13.2 Å². The zero-order chi connectivity index (χ0) is 11.1. The maximum atomic E-state index is 8.91. The zero-order valence-electron chi connectivity index (χ0n) is 9.20. The molecule has 0 amide bonds. The van der Waals surface area contributed by atoms with E-state index in [-0.39, 0.29) is 0 Å². The van der Waals surface area contributed by atoms with Crippen LogP contribution in [0.3, 0.4) is 0 Å². The lowest BCUT2D eigenvalue weighted by Gasteiger charge is -1.97. The Labute approximate surface area is 91.2 Å². The van der Waals surface area contributed by atoms with Crippen molar-refractivity contribution in [1.82, 2.24) is 0 Å². The van der Waals surface area contributed by atoms with Gasteiger partial charge in [0.1, 0.15) is 5.75 Å². The van der Waals surface area contributed by atoms with Crippen molar-refractivity contribution in [3.05, 3.63) is 36.4 Å². The molecule has 15 heavy (non-hydrogen) atoms. The minimum absolute atomic E-state index is 0.296. The molecule has 1 aromatic rings. The van der Waals surface area contributed by atoms with E-state index in [0.29, 0.717) is 5.75 Å². The summed E-state index contributed by atoms with van der Waals surface area (Å²) < 4.78 is 4.94. The van der Waals surface area contributed by atoms with Gasteiger partial charge >= 0.3 is 0 Å². The highest BCUT2D eigenvalue weighted by molar-refractivity contribution is 5.61. The Morgan fingerprint density at radius 1 is 1.20 bits per heavy atom. The van der Waals surface area contributed by atoms with Gasteiger partial charge in [-0.25, -0.2) is 0 Å². The highest BCUT2D eigenvalue weighted by Crippen LogP contribution is 2.14. The smallest absolute Gasteiger partial charge is 0.115 e. The minimum atomic E-state index is 0.296. The number of aromatic hydroxyl groups is 1. The van der Waals surface area contributed by atoms with Crippen molar-refractivity contribution in [3.8, 4) is 5.75 Å². The van der Waals surface area contributed by atoms with Crippen molar-refractivity contribution in [2.45, 2.75) is 19.8 Å². The quantitative estimate of drug-likeness (QED) is 0.764. The van der Waals surface area contributed by atoms with Crippen LogP contribution in [0.1, 0.15) is 25.3 Å². The highest BCUT2D eigenvalue weighted by Gasteiger charge is 1.94. The van der Waals surface area contributed by atoms with E-state index in [2.05, 4.69) is 6.58 Å². The second-order valence-corrected chi connectivity index (χ2v) is 3.65. The van der Waals surface area contributed by atoms with Gasteiger partial charge in [-0.1, -0.05) is 24.3 Å². The van der Waals surface area contributed by atoms with Crippen LogP contribution in [0.25, 0.3) is 5.57 Å². The van der Waals surface area contributed by atoms with Crippen LogP contribution in [0.4, 0.5) is 0 Å². The molecule has 1 heterocycles. The summed E-state index contributed by atoms with van der Waals surface area (Å²) in [6.45, 7) is 7.71. The number of benzene rings is 1. The lowest BCUT2D eigenvalue weighted by atomic mass is 10.1. The Bertz CT molecular complexity index is 289. The van der Waals surface area contributed by atoms with Crippen LogP contribution in [-0.2, 0) is 4.74 Å². The van der Waals surface area contributed by atoms with E-state index >= 15 is 0 Å². The fourth-order valence-electron chi connectivity index (χ4n) is 1.26. The third-order valence-corrected chi connectivity index (χ3v) is 2.19. The van der Waals surface area contributed by atoms with Gasteiger partial charge in [-0.3, -0.25) is 0 Å². The van der Waals surface area contributed by atoms with Crippen LogP contribution in [0.2, 0.25) is 0 Å². The molecule has 0 atom stereocenters. The first-order chi connectivity index (χ1) is 7.20. The molecule has 1 aromatic carbocycles. The molecule has 1 aliphatic heterocycles. The molecule has 1 fully saturated rings. The molecule has 0 unspecified atom stereocenters. The molecule has 0 saturated carbocycles. The minimum Gasteiger partial charge on any atom is -0.508 e. The Kier molecular flexibility index (Phi) is 4.91. The molecule has 2 nitrogen and oxygen atoms in total. The van der Waals surface area contributed by atoms with Crippen molar-refractivity contribution >= 4 is 5.57 Å². The van der Waals surface area contributed by atoms with Gasteiger partial charge in [-0.2, -0.15) is 0 Å². The first kappa shape index (κ1) is 11.8. The SMILES string of the molecule is C1CCOC1.C=C(C)c1ccc(O)cc1. The lowest BCUT2D eigenvalue weighted by Crippen LogP contribution is -1.74. The van der Waals surface area contributed by atoms with E-state index in [1.165, 1.54) is 12.8 Å². The summed E-state index contributed by atoms with van der Waals surface area (Å²) >= 11 is 0. The summed E-state index contributed by atoms with van der Waals surface area (Å²) in [5, 5.41) is 8.91. The van der Waals surface area contributed by atoms with Crippen molar-refractivity contribution in [2.24, 2.45) is 0 Å². The predicted octanol–water partition coefficient (Wildman–Crippen LogP) is 3.22. The lowest BCUT2D eigenvalue weighted by molar-refractivity contribution is 0.198. The molecule has 0 radical (unpaired) electrons. The molecule has 0 spiro atoms. The molecule has 0 aliphatic carbocycles. The average molecular weight is 206 g/mol. The monoisotopic (exact) mass is 206 g/mol. The van der Waals surface area contributed by atoms with Gasteiger partial charge in [0.15, 0.2) is 0 Å². The average Bonchev–Trinajstić information content (AvgIpc) is 2.76. The number of rotatable bonds is 1. The van der Waals surface area contributed by atoms with Crippen LogP contribution >= 0.6 is 0 Å². The summed E-state index contributed by atoms with van der Waals surface area (Å²) in [6, 6.07) is 7.00. The van der Waals surface area contributed by atoms with Gasteiger partial charge in [0.2, 0.25) is 0 Å². The van der Waals surface area contributed by atoms with Crippen LogP contribution < -0.4 is 0 Å². The molecule has 2 heteroatoms. The topological polar surface area (TPSA) is 29.5 Å². The second-order valence-electron chi connectivity index (χ2n) is 3.65. The number of phenols is 1. The fraction of sp³-hybridized carbons (Fsp3) is 0.385. The molecular formula is C13H18O2. The molecule has 82 valence electrons. The summed E-state index contributed by atoms with van der Waals surface area (Å²) in [4.78, 5) is 0. The maximum Gasteiger partial charge on any atom is 0.115 e. The molecule has 1 saturated heterocycles. The summed E-state index contributed by atoms with van der Waals surface area (Å²) in [6.07, 6.45) is 2.56. The molecular weight excluding hydrogens is 188 g/mol. The third kappa shape index (κ3) is 4.66. The van der Waals surface area contributed by atoms with Crippen LogP contribution in [0.15, 0.2) is 30.8 Å². The number of hydrogen-bond donors (Lipinski definition) is 1. The molecule has 2 rings (SSSR count). The highest BCUT2D eigenvalue weighted by atomic mass is 16.5. The van der Waals surface area contributed by atoms with Crippen LogP contribution in [0, 0.1) is 0 Å². The fourth-order valence-corrected chi connectivity index (χ4v) is 1.26. The molecule has 1 aliphatic rings. The van der Waals surface area contributed by atoms with E-state index < -0.39 is 0 Å². The Morgan fingerprint density at radius 2 is 1.73 bits per heavy atom. The maximum absolute atomic E-state index is 8.91. The zero-order valence-corrected chi connectivity index (χ0v) is 9.20.